The fraction of sp³-hybridized carbons (Fsp3) is 0.600. The molecule has 0 radical (unpaired) electrons. The molecule has 1 heterocycles. The molecule has 0 spiro atoms. The van der Waals surface area contributed by atoms with Crippen molar-refractivity contribution in [1.29, 1.82) is 0 Å². The van der Waals surface area contributed by atoms with Crippen LogP contribution in [0, 0.1) is 0 Å². The summed E-state index contributed by atoms with van der Waals surface area (Å²) in [6.07, 6.45) is 1.24. The topological polar surface area (TPSA) is 15.3 Å². The van der Waals surface area contributed by atoms with Gasteiger partial charge in [0.05, 0.1) is 0 Å². The van der Waals surface area contributed by atoms with E-state index < -0.39 is 0 Å². The first kappa shape index (κ1) is 12.4. The molecule has 0 unspecified atom stereocenters. The second-order valence-corrected chi connectivity index (χ2v) is 5.67. The molecule has 2 rings (SSSR count). The highest BCUT2D eigenvalue weighted by Gasteiger charge is 2.22. The molecule has 1 aliphatic rings. The quantitative estimate of drug-likeness (QED) is 0.857. The maximum Gasteiger partial charge on any atom is 0.0376 e. The van der Waals surface area contributed by atoms with E-state index in [9.17, 15) is 0 Å². The number of fused-ring (bicyclic) bond motifs is 1. The smallest absolute Gasteiger partial charge is 0.0376 e. The lowest BCUT2D eigenvalue weighted by Gasteiger charge is -2.15. The molecule has 0 fully saturated rings. The van der Waals surface area contributed by atoms with Gasteiger partial charge in [-0.25, -0.2) is 0 Å². The summed E-state index contributed by atoms with van der Waals surface area (Å²) in [4.78, 5) is 2.27. The van der Waals surface area contributed by atoms with Gasteiger partial charge in [0.25, 0.3) is 0 Å². The average Bonchev–Trinajstić information content (AvgIpc) is 2.68. The SMILES string of the molecule is CC(C)c1ccc2c(c1)[C@@H](CCN(C)C)CN2. The summed E-state index contributed by atoms with van der Waals surface area (Å²) in [5.41, 5.74) is 4.33. The molecule has 1 aromatic rings. The molecule has 1 aliphatic heterocycles. The standard InChI is InChI=1S/C15H24N2/c1-11(2)12-5-6-15-14(9-12)13(10-16-15)7-8-17(3)4/h5-6,9,11,13,16H,7-8,10H2,1-4H3/t13-/m0/s1. The first-order chi connectivity index (χ1) is 8.08. The molecular weight excluding hydrogens is 208 g/mol. The molecule has 1 atom stereocenters. The highest BCUT2D eigenvalue weighted by molar-refractivity contribution is 5.59. The molecule has 0 saturated heterocycles. The largest absolute Gasteiger partial charge is 0.384 e. The van der Waals surface area contributed by atoms with Gasteiger partial charge in [0.15, 0.2) is 0 Å². The van der Waals surface area contributed by atoms with Gasteiger partial charge in [-0.1, -0.05) is 26.0 Å². The summed E-state index contributed by atoms with van der Waals surface area (Å²) in [5, 5.41) is 3.52. The molecule has 0 bridgehead atoms. The van der Waals surface area contributed by atoms with Crippen molar-refractivity contribution in [3.05, 3.63) is 29.3 Å². The van der Waals surface area contributed by atoms with Gasteiger partial charge in [-0.2, -0.15) is 0 Å². The third-order valence-electron chi connectivity index (χ3n) is 3.65. The fourth-order valence-corrected chi connectivity index (χ4v) is 2.45. The molecule has 2 nitrogen and oxygen atoms in total. The highest BCUT2D eigenvalue weighted by atomic mass is 15.0. The lowest BCUT2D eigenvalue weighted by Crippen LogP contribution is -2.16. The molecule has 0 saturated carbocycles. The number of nitrogens with one attached hydrogen (secondary N) is 1. The Labute approximate surface area is 105 Å². The Morgan fingerprint density at radius 3 is 2.76 bits per heavy atom. The second kappa shape index (κ2) is 5.09. The predicted octanol–water partition coefficient (Wildman–Crippen LogP) is 3.27. The zero-order valence-corrected chi connectivity index (χ0v) is 11.5. The molecule has 94 valence electrons. The molecule has 1 N–H and O–H groups in total. The van der Waals surface area contributed by atoms with Crippen molar-refractivity contribution in [2.75, 3.05) is 32.5 Å². The number of nitrogens with zero attached hydrogens (tertiary/aromatic N) is 1. The van der Waals surface area contributed by atoms with Crippen LogP contribution in [0.5, 0.6) is 0 Å². The van der Waals surface area contributed by atoms with Crippen LogP contribution < -0.4 is 5.32 Å². The Balaban J connectivity index is 2.14. The summed E-state index contributed by atoms with van der Waals surface area (Å²) in [6, 6.07) is 6.91. The minimum atomic E-state index is 0.621. The van der Waals surface area contributed by atoms with E-state index in [-0.39, 0.29) is 0 Å². The van der Waals surface area contributed by atoms with Gasteiger partial charge in [0.1, 0.15) is 0 Å². The summed E-state index contributed by atoms with van der Waals surface area (Å²) in [6.45, 7) is 6.79. The van der Waals surface area contributed by atoms with E-state index >= 15 is 0 Å². The Morgan fingerprint density at radius 2 is 2.12 bits per heavy atom. The van der Waals surface area contributed by atoms with Crippen molar-refractivity contribution in [3.63, 3.8) is 0 Å². The van der Waals surface area contributed by atoms with Crippen LogP contribution in [-0.4, -0.2) is 32.1 Å². The maximum atomic E-state index is 3.52. The minimum absolute atomic E-state index is 0.621. The Kier molecular flexibility index (Phi) is 3.72. The fourth-order valence-electron chi connectivity index (χ4n) is 2.45. The van der Waals surface area contributed by atoms with E-state index in [2.05, 4.69) is 56.4 Å². The van der Waals surface area contributed by atoms with Gasteiger partial charge >= 0.3 is 0 Å². The van der Waals surface area contributed by atoms with Gasteiger partial charge in [-0.15, -0.1) is 0 Å². The lowest BCUT2D eigenvalue weighted by atomic mass is 9.93. The second-order valence-electron chi connectivity index (χ2n) is 5.67. The van der Waals surface area contributed by atoms with Crippen LogP contribution in [0.2, 0.25) is 0 Å². The van der Waals surface area contributed by atoms with Gasteiger partial charge in [0, 0.05) is 18.2 Å². The van der Waals surface area contributed by atoms with Gasteiger partial charge in [0.2, 0.25) is 0 Å². The molecule has 17 heavy (non-hydrogen) atoms. The van der Waals surface area contributed by atoms with Crippen molar-refractivity contribution in [1.82, 2.24) is 4.90 Å². The first-order valence-electron chi connectivity index (χ1n) is 6.60. The van der Waals surface area contributed by atoms with Crippen LogP contribution in [-0.2, 0) is 0 Å². The summed E-state index contributed by atoms with van der Waals surface area (Å²) < 4.78 is 0. The van der Waals surface area contributed by atoms with Crippen molar-refractivity contribution in [3.8, 4) is 0 Å². The van der Waals surface area contributed by atoms with E-state index in [4.69, 9.17) is 0 Å². The molecule has 0 amide bonds. The monoisotopic (exact) mass is 232 g/mol. The number of hydrogen-bond acceptors (Lipinski definition) is 2. The maximum absolute atomic E-state index is 3.52. The molecule has 0 aliphatic carbocycles. The zero-order chi connectivity index (χ0) is 12.4. The van der Waals surface area contributed by atoms with Gasteiger partial charge < -0.3 is 10.2 Å². The summed E-state index contributed by atoms with van der Waals surface area (Å²) in [5.74, 6) is 1.31. The third kappa shape index (κ3) is 2.81. The number of hydrogen-bond donors (Lipinski definition) is 1. The molecular formula is C15H24N2. The van der Waals surface area contributed by atoms with Crippen LogP contribution in [0.15, 0.2) is 18.2 Å². The van der Waals surface area contributed by atoms with Crippen LogP contribution in [0.25, 0.3) is 0 Å². The van der Waals surface area contributed by atoms with E-state index in [1.807, 2.05) is 0 Å². The van der Waals surface area contributed by atoms with Crippen molar-refractivity contribution < 1.29 is 0 Å². The Morgan fingerprint density at radius 1 is 1.35 bits per heavy atom. The third-order valence-corrected chi connectivity index (χ3v) is 3.65. The first-order valence-corrected chi connectivity index (χ1v) is 6.60. The van der Waals surface area contributed by atoms with Crippen LogP contribution in [0.4, 0.5) is 5.69 Å². The van der Waals surface area contributed by atoms with Crippen LogP contribution in [0.1, 0.15) is 43.2 Å². The van der Waals surface area contributed by atoms with Crippen molar-refractivity contribution in [2.45, 2.75) is 32.1 Å². The van der Waals surface area contributed by atoms with E-state index in [1.54, 1.807) is 0 Å². The van der Waals surface area contributed by atoms with Crippen LogP contribution >= 0.6 is 0 Å². The van der Waals surface area contributed by atoms with Gasteiger partial charge in [-0.05, 0) is 50.2 Å². The molecule has 1 aromatic carbocycles. The lowest BCUT2D eigenvalue weighted by molar-refractivity contribution is 0.386. The van der Waals surface area contributed by atoms with E-state index in [0.29, 0.717) is 11.8 Å². The highest BCUT2D eigenvalue weighted by Crippen LogP contribution is 2.35. The van der Waals surface area contributed by atoms with Gasteiger partial charge in [-0.3, -0.25) is 0 Å². The number of benzene rings is 1. The normalized spacial score (nSPS) is 18.6. The Hall–Kier alpha value is -1.02. The van der Waals surface area contributed by atoms with E-state index in [1.165, 1.54) is 23.2 Å². The number of anilines is 1. The predicted molar refractivity (Wildman–Crippen MR) is 74.9 cm³/mol. The number of rotatable bonds is 4. The molecule has 0 aromatic heterocycles. The van der Waals surface area contributed by atoms with Crippen molar-refractivity contribution >= 4 is 5.69 Å². The van der Waals surface area contributed by atoms with Crippen LogP contribution in [0.3, 0.4) is 0 Å². The van der Waals surface area contributed by atoms with Crippen molar-refractivity contribution in [2.24, 2.45) is 0 Å². The minimum Gasteiger partial charge on any atom is -0.384 e. The summed E-state index contributed by atoms with van der Waals surface area (Å²) >= 11 is 0. The average molecular weight is 232 g/mol. The Bertz CT molecular complexity index is 383. The zero-order valence-electron chi connectivity index (χ0n) is 11.5. The van der Waals surface area contributed by atoms with E-state index in [0.717, 1.165) is 13.1 Å². The summed E-state index contributed by atoms with van der Waals surface area (Å²) in [7, 11) is 4.29. The molecule has 2 heteroatoms.